The Labute approximate surface area is 155 Å². The molecule has 1 atom stereocenters. The van der Waals surface area contributed by atoms with Crippen LogP contribution in [-0.2, 0) is 9.53 Å². The van der Waals surface area contributed by atoms with Crippen LogP contribution >= 0.6 is 34.5 Å². The number of thiophene rings is 1. The number of alkyl halides is 2. The maximum absolute atomic E-state index is 12.4. The Morgan fingerprint density at radius 2 is 1.92 bits per heavy atom. The van der Waals surface area contributed by atoms with Gasteiger partial charge in [0.15, 0.2) is 6.10 Å². The van der Waals surface area contributed by atoms with Gasteiger partial charge in [-0.05, 0) is 25.1 Å². The van der Waals surface area contributed by atoms with Crippen molar-refractivity contribution in [3.63, 3.8) is 0 Å². The van der Waals surface area contributed by atoms with E-state index in [1.54, 1.807) is 0 Å². The largest absolute Gasteiger partial charge is 0.449 e. The van der Waals surface area contributed by atoms with Crippen molar-refractivity contribution in [1.29, 1.82) is 0 Å². The fourth-order valence-corrected chi connectivity index (χ4v) is 3.20. The van der Waals surface area contributed by atoms with Gasteiger partial charge in [-0.1, -0.05) is 35.3 Å². The van der Waals surface area contributed by atoms with Gasteiger partial charge in [0.05, 0.1) is 15.6 Å². The minimum absolute atomic E-state index is 0.0207. The monoisotopic (exact) mass is 409 g/mol. The molecule has 134 valence electrons. The van der Waals surface area contributed by atoms with Gasteiger partial charge in [0.25, 0.3) is 5.91 Å². The van der Waals surface area contributed by atoms with Crippen LogP contribution in [0.1, 0.15) is 17.3 Å². The number of anilines is 1. The van der Waals surface area contributed by atoms with E-state index < -0.39 is 24.6 Å². The number of halogens is 4. The number of ether oxygens (including phenoxy) is 2. The molecule has 1 aromatic carbocycles. The molecule has 0 saturated carbocycles. The van der Waals surface area contributed by atoms with Gasteiger partial charge in [-0.15, -0.1) is 11.3 Å². The number of esters is 1. The summed E-state index contributed by atoms with van der Waals surface area (Å²) in [4.78, 5) is 24.1. The molecule has 0 aliphatic heterocycles. The molecule has 0 bridgehead atoms. The topological polar surface area (TPSA) is 64.6 Å². The Kier molecular flexibility index (Phi) is 6.57. The second-order valence-corrected chi connectivity index (χ2v) is 6.93. The van der Waals surface area contributed by atoms with Gasteiger partial charge in [-0.3, -0.25) is 4.79 Å². The third-order valence-electron chi connectivity index (χ3n) is 2.89. The van der Waals surface area contributed by atoms with Crippen molar-refractivity contribution < 1.29 is 27.8 Å². The lowest BCUT2D eigenvalue weighted by Gasteiger charge is -2.15. The molecule has 0 fully saturated rings. The van der Waals surface area contributed by atoms with Crippen LogP contribution in [0, 0.1) is 0 Å². The zero-order chi connectivity index (χ0) is 18.6. The normalized spacial score (nSPS) is 11.9. The second-order valence-electron chi connectivity index (χ2n) is 4.65. The van der Waals surface area contributed by atoms with Gasteiger partial charge in [0, 0.05) is 0 Å². The van der Waals surface area contributed by atoms with Crippen molar-refractivity contribution in [3.8, 4) is 5.75 Å². The minimum Gasteiger partial charge on any atom is -0.449 e. The zero-order valence-electron chi connectivity index (χ0n) is 12.6. The molecule has 1 aromatic heterocycles. The molecule has 0 aliphatic carbocycles. The van der Waals surface area contributed by atoms with E-state index in [9.17, 15) is 18.4 Å². The Morgan fingerprint density at radius 3 is 2.52 bits per heavy atom. The predicted octanol–water partition coefficient (Wildman–Crippen LogP) is 4.84. The summed E-state index contributed by atoms with van der Waals surface area (Å²) >= 11 is 12.6. The molecule has 1 amide bonds. The maximum Gasteiger partial charge on any atom is 0.387 e. The van der Waals surface area contributed by atoms with Gasteiger partial charge >= 0.3 is 12.6 Å². The van der Waals surface area contributed by atoms with E-state index in [-0.39, 0.29) is 21.3 Å². The Hall–Kier alpha value is -1.90. The molecule has 0 saturated heterocycles. The lowest BCUT2D eigenvalue weighted by molar-refractivity contribution is -0.123. The van der Waals surface area contributed by atoms with Gasteiger partial charge in [0.2, 0.25) is 0 Å². The molecule has 2 rings (SSSR count). The smallest absolute Gasteiger partial charge is 0.387 e. The number of amides is 1. The number of para-hydroxylation sites is 2. The van der Waals surface area contributed by atoms with Crippen molar-refractivity contribution in [2.75, 3.05) is 5.32 Å². The summed E-state index contributed by atoms with van der Waals surface area (Å²) < 4.78 is 34.5. The molecule has 0 radical (unpaired) electrons. The Bertz CT molecular complexity index is 785. The van der Waals surface area contributed by atoms with E-state index in [0.717, 1.165) is 11.3 Å². The summed E-state index contributed by atoms with van der Waals surface area (Å²) in [7, 11) is 0. The Morgan fingerprint density at radius 1 is 1.24 bits per heavy atom. The first-order valence-corrected chi connectivity index (χ1v) is 8.35. The summed E-state index contributed by atoms with van der Waals surface area (Å²) in [5, 5.41) is 2.36. The van der Waals surface area contributed by atoms with E-state index >= 15 is 0 Å². The van der Waals surface area contributed by atoms with Gasteiger partial charge in [-0.25, -0.2) is 4.79 Å². The molecule has 1 unspecified atom stereocenters. The van der Waals surface area contributed by atoms with Gasteiger partial charge < -0.3 is 14.8 Å². The highest BCUT2D eigenvalue weighted by molar-refractivity contribution is 7.20. The van der Waals surface area contributed by atoms with Crippen molar-refractivity contribution in [1.82, 2.24) is 0 Å². The first kappa shape index (κ1) is 19.4. The van der Waals surface area contributed by atoms with Crippen molar-refractivity contribution in [3.05, 3.63) is 44.6 Å². The first-order chi connectivity index (χ1) is 11.8. The van der Waals surface area contributed by atoms with Crippen LogP contribution in [0.4, 0.5) is 14.5 Å². The standard InChI is InChI=1S/C15H11Cl2F2NO4S/c1-7(23-14(22)8-6-11(16)25-12(8)17)13(21)20-9-4-2-3-5-10(9)24-15(18)19/h2-7,15H,1H3,(H,20,21). The van der Waals surface area contributed by atoms with Crippen LogP contribution in [0.25, 0.3) is 0 Å². The summed E-state index contributed by atoms with van der Waals surface area (Å²) in [6.45, 7) is -1.72. The average Bonchev–Trinajstić information content (AvgIpc) is 2.87. The van der Waals surface area contributed by atoms with Crippen molar-refractivity contribution in [2.45, 2.75) is 19.6 Å². The molecule has 2 aromatic rings. The second kappa shape index (κ2) is 8.46. The molecule has 5 nitrogen and oxygen atoms in total. The molecule has 25 heavy (non-hydrogen) atoms. The summed E-state index contributed by atoms with van der Waals surface area (Å²) in [6.07, 6.45) is -1.21. The highest BCUT2D eigenvalue weighted by Crippen LogP contribution is 2.32. The number of nitrogens with one attached hydrogen (secondary N) is 1. The maximum atomic E-state index is 12.4. The molecule has 10 heteroatoms. The van der Waals surface area contributed by atoms with Crippen molar-refractivity contribution >= 4 is 52.1 Å². The first-order valence-electron chi connectivity index (χ1n) is 6.78. The van der Waals surface area contributed by atoms with Crippen molar-refractivity contribution in [2.24, 2.45) is 0 Å². The molecule has 1 heterocycles. The van der Waals surface area contributed by atoms with Crippen LogP contribution in [0.5, 0.6) is 5.75 Å². The SMILES string of the molecule is CC(OC(=O)c1cc(Cl)sc1Cl)C(=O)Nc1ccccc1OC(F)F. The molecule has 0 aliphatic rings. The summed E-state index contributed by atoms with van der Waals surface area (Å²) in [6, 6.07) is 6.97. The van der Waals surface area contributed by atoms with E-state index in [0.29, 0.717) is 4.34 Å². The quantitative estimate of drug-likeness (QED) is 0.693. The van der Waals surface area contributed by atoms with E-state index in [4.69, 9.17) is 27.9 Å². The number of benzene rings is 1. The molecular weight excluding hydrogens is 399 g/mol. The highest BCUT2D eigenvalue weighted by atomic mass is 35.5. The molecular formula is C15H11Cl2F2NO4S. The van der Waals surface area contributed by atoms with Crippen LogP contribution in [0.2, 0.25) is 8.67 Å². The Balaban J connectivity index is 2.03. The number of hydrogen-bond acceptors (Lipinski definition) is 5. The number of rotatable bonds is 6. The number of hydrogen-bond donors (Lipinski definition) is 1. The van der Waals surface area contributed by atoms with E-state index in [1.807, 2.05) is 0 Å². The molecule has 1 N–H and O–H groups in total. The number of carbonyl (C=O) groups is 2. The third-order valence-corrected chi connectivity index (χ3v) is 4.38. The van der Waals surface area contributed by atoms with Gasteiger partial charge in [0.1, 0.15) is 10.1 Å². The predicted molar refractivity (Wildman–Crippen MR) is 90.9 cm³/mol. The lowest BCUT2D eigenvalue weighted by Crippen LogP contribution is -2.30. The molecule has 0 spiro atoms. The van der Waals surface area contributed by atoms with Crippen LogP contribution in [-0.4, -0.2) is 24.6 Å². The zero-order valence-corrected chi connectivity index (χ0v) is 14.9. The van der Waals surface area contributed by atoms with Crippen LogP contribution in [0.15, 0.2) is 30.3 Å². The summed E-state index contributed by atoms with van der Waals surface area (Å²) in [5.41, 5.74) is 0.0602. The fourth-order valence-electron chi connectivity index (χ4n) is 1.76. The van der Waals surface area contributed by atoms with Crippen LogP contribution in [0.3, 0.4) is 0 Å². The van der Waals surface area contributed by atoms with E-state index in [1.165, 1.54) is 37.3 Å². The number of carbonyl (C=O) groups excluding carboxylic acids is 2. The van der Waals surface area contributed by atoms with Gasteiger partial charge in [-0.2, -0.15) is 8.78 Å². The lowest BCUT2D eigenvalue weighted by atomic mass is 10.2. The fraction of sp³-hybridized carbons (Fsp3) is 0.200. The average molecular weight is 410 g/mol. The third kappa shape index (κ3) is 5.29. The van der Waals surface area contributed by atoms with E-state index in [2.05, 4.69) is 10.1 Å². The minimum atomic E-state index is -3.04. The summed E-state index contributed by atoms with van der Waals surface area (Å²) in [5.74, 6) is -1.76. The highest BCUT2D eigenvalue weighted by Gasteiger charge is 2.23. The van der Waals surface area contributed by atoms with Crippen LogP contribution < -0.4 is 10.1 Å².